The zero-order valence-electron chi connectivity index (χ0n) is 18.1. The number of amides is 2. The van der Waals surface area contributed by atoms with Crippen molar-refractivity contribution in [1.82, 2.24) is 10.2 Å². The van der Waals surface area contributed by atoms with Gasteiger partial charge in [0.2, 0.25) is 11.8 Å². The number of benzene rings is 1. The number of fused-ring (bicyclic) bond motifs is 1. The molecule has 3 aliphatic heterocycles. The maximum atomic E-state index is 12.9. The molecule has 0 unspecified atom stereocenters. The number of nitrogens with zero attached hydrogens (tertiary/aromatic N) is 2. The summed E-state index contributed by atoms with van der Waals surface area (Å²) in [5, 5.41) is 3.17. The van der Waals surface area contributed by atoms with Crippen molar-refractivity contribution >= 4 is 17.5 Å². The lowest BCUT2D eigenvalue weighted by Gasteiger charge is -2.44. The molecule has 2 amide bonds. The minimum Gasteiger partial charge on any atom is -0.497 e. The number of carbonyl (C=O) groups is 2. The van der Waals surface area contributed by atoms with Crippen LogP contribution in [0, 0.1) is 11.8 Å². The summed E-state index contributed by atoms with van der Waals surface area (Å²) in [6, 6.07) is 5.99. The first-order chi connectivity index (χ1) is 14.6. The molecule has 0 radical (unpaired) electrons. The average Bonchev–Trinajstić information content (AvgIpc) is 3.18. The normalized spacial score (nSPS) is 26.9. The zero-order chi connectivity index (χ0) is 21.1. The van der Waals surface area contributed by atoms with Gasteiger partial charge in [0, 0.05) is 31.6 Å². The van der Waals surface area contributed by atoms with E-state index in [1.807, 2.05) is 6.07 Å². The summed E-state index contributed by atoms with van der Waals surface area (Å²) in [7, 11) is 3.16. The summed E-state index contributed by atoms with van der Waals surface area (Å²) in [6.07, 6.45) is 6.46. The smallest absolute Gasteiger partial charge is 0.227 e. The van der Waals surface area contributed by atoms with E-state index in [-0.39, 0.29) is 24.2 Å². The molecule has 0 saturated carbocycles. The van der Waals surface area contributed by atoms with Gasteiger partial charge in [0.1, 0.15) is 11.5 Å². The topological polar surface area (TPSA) is 71.1 Å². The van der Waals surface area contributed by atoms with E-state index >= 15 is 0 Å². The van der Waals surface area contributed by atoms with Gasteiger partial charge in [0.15, 0.2) is 0 Å². The van der Waals surface area contributed by atoms with Crippen LogP contribution in [0.4, 0.5) is 5.69 Å². The molecule has 1 aromatic rings. The molecule has 4 rings (SSSR count). The number of anilines is 1. The third-order valence-electron chi connectivity index (χ3n) is 6.94. The van der Waals surface area contributed by atoms with Crippen LogP contribution < -0.4 is 19.7 Å². The molecule has 3 aliphatic rings. The molecule has 0 bridgehead atoms. The van der Waals surface area contributed by atoms with E-state index in [2.05, 4.69) is 10.2 Å². The monoisotopic (exact) mass is 415 g/mol. The van der Waals surface area contributed by atoms with Crippen LogP contribution in [0.5, 0.6) is 11.5 Å². The number of nitrogens with one attached hydrogen (secondary N) is 1. The molecule has 3 saturated heterocycles. The van der Waals surface area contributed by atoms with Gasteiger partial charge in [-0.1, -0.05) is 6.42 Å². The van der Waals surface area contributed by atoms with E-state index in [0.717, 1.165) is 6.54 Å². The second-order valence-corrected chi connectivity index (χ2v) is 8.69. The molecule has 0 aliphatic carbocycles. The van der Waals surface area contributed by atoms with Crippen LogP contribution in [-0.2, 0) is 9.59 Å². The molecule has 3 atom stereocenters. The van der Waals surface area contributed by atoms with E-state index in [4.69, 9.17) is 9.47 Å². The zero-order valence-corrected chi connectivity index (χ0v) is 18.1. The fourth-order valence-electron chi connectivity index (χ4n) is 5.32. The van der Waals surface area contributed by atoms with Crippen LogP contribution in [0.3, 0.4) is 0 Å². The molecule has 164 valence electrons. The highest BCUT2D eigenvalue weighted by Crippen LogP contribution is 2.36. The van der Waals surface area contributed by atoms with Gasteiger partial charge in [-0.3, -0.25) is 9.59 Å². The van der Waals surface area contributed by atoms with Gasteiger partial charge in [0.25, 0.3) is 0 Å². The molecule has 0 aromatic heterocycles. The average molecular weight is 416 g/mol. The van der Waals surface area contributed by atoms with Gasteiger partial charge in [0.05, 0.1) is 25.8 Å². The predicted octanol–water partition coefficient (Wildman–Crippen LogP) is 2.44. The highest BCUT2D eigenvalue weighted by atomic mass is 16.5. The van der Waals surface area contributed by atoms with Gasteiger partial charge in [-0.25, -0.2) is 0 Å². The lowest BCUT2D eigenvalue weighted by atomic mass is 9.83. The number of hydrogen-bond acceptors (Lipinski definition) is 5. The van der Waals surface area contributed by atoms with Crippen LogP contribution in [0.15, 0.2) is 18.2 Å². The first-order valence-corrected chi connectivity index (χ1v) is 11.1. The molecule has 1 aromatic carbocycles. The van der Waals surface area contributed by atoms with Crippen molar-refractivity contribution in [3.8, 4) is 11.5 Å². The third kappa shape index (κ3) is 4.26. The van der Waals surface area contributed by atoms with E-state index in [9.17, 15) is 9.59 Å². The van der Waals surface area contributed by atoms with Crippen molar-refractivity contribution < 1.29 is 19.1 Å². The number of methoxy groups -OCH3 is 2. The summed E-state index contributed by atoms with van der Waals surface area (Å²) in [4.78, 5) is 29.8. The van der Waals surface area contributed by atoms with Crippen LogP contribution >= 0.6 is 0 Å². The second kappa shape index (κ2) is 9.25. The van der Waals surface area contributed by atoms with Crippen molar-refractivity contribution in [2.45, 2.75) is 44.6 Å². The Labute approximate surface area is 178 Å². The van der Waals surface area contributed by atoms with Crippen molar-refractivity contribution in [2.24, 2.45) is 11.8 Å². The van der Waals surface area contributed by atoms with Crippen molar-refractivity contribution in [3.05, 3.63) is 18.2 Å². The Kier molecular flexibility index (Phi) is 6.46. The predicted molar refractivity (Wildman–Crippen MR) is 115 cm³/mol. The Morgan fingerprint density at radius 2 is 1.97 bits per heavy atom. The maximum Gasteiger partial charge on any atom is 0.227 e. The first kappa shape index (κ1) is 21.0. The van der Waals surface area contributed by atoms with Gasteiger partial charge in [-0.15, -0.1) is 0 Å². The van der Waals surface area contributed by atoms with E-state index < -0.39 is 0 Å². The van der Waals surface area contributed by atoms with Gasteiger partial charge in [-0.2, -0.15) is 0 Å². The lowest BCUT2D eigenvalue weighted by molar-refractivity contribution is -0.126. The van der Waals surface area contributed by atoms with Crippen LogP contribution in [0.2, 0.25) is 0 Å². The van der Waals surface area contributed by atoms with Crippen molar-refractivity contribution in [1.29, 1.82) is 0 Å². The summed E-state index contributed by atoms with van der Waals surface area (Å²) >= 11 is 0. The molecule has 1 N–H and O–H groups in total. The summed E-state index contributed by atoms with van der Waals surface area (Å²) in [6.45, 7) is 3.50. The molecule has 7 heteroatoms. The summed E-state index contributed by atoms with van der Waals surface area (Å²) in [5.74, 6) is 1.39. The first-order valence-electron chi connectivity index (χ1n) is 11.1. The Bertz CT molecular complexity index is 782. The lowest BCUT2D eigenvalue weighted by Crippen LogP contribution is -2.51. The third-order valence-corrected chi connectivity index (χ3v) is 6.94. The van der Waals surface area contributed by atoms with Gasteiger partial charge >= 0.3 is 0 Å². The van der Waals surface area contributed by atoms with Crippen LogP contribution in [0.1, 0.15) is 38.5 Å². The van der Waals surface area contributed by atoms with Crippen LogP contribution in [0.25, 0.3) is 0 Å². The van der Waals surface area contributed by atoms with E-state index in [1.54, 1.807) is 31.3 Å². The molecule has 3 heterocycles. The highest BCUT2D eigenvalue weighted by molar-refractivity contribution is 6.01. The number of ether oxygens (including phenoxy) is 2. The number of hydrogen-bond donors (Lipinski definition) is 1. The Morgan fingerprint density at radius 3 is 2.77 bits per heavy atom. The highest BCUT2D eigenvalue weighted by Gasteiger charge is 2.38. The van der Waals surface area contributed by atoms with Crippen LogP contribution in [-0.4, -0.2) is 63.2 Å². The standard InChI is InChI=1S/C23H33N3O4/c1-29-18-8-9-20(21(13-18)30-2)26-15-17(12-22(26)27)23(28)24-14-16-6-5-11-25-10-4-3-7-19(16)25/h8-9,13,16-17,19H,3-7,10-12,14-15H2,1-2H3,(H,24,28)/t16-,17-,19+/m0/s1. The number of rotatable bonds is 6. The minimum absolute atomic E-state index is 0.00809. The minimum atomic E-state index is -0.324. The largest absolute Gasteiger partial charge is 0.497 e. The fraction of sp³-hybridized carbons (Fsp3) is 0.652. The Balaban J connectivity index is 1.36. The molecular weight excluding hydrogens is 382 g/mol. The van der Waals surface area contributed by atoms with Gasteiger partial charge < -0.3 is 24.6 Å². The summed E-state index contributed by atoms with van der Waals surface area (Å²) < 4.78 is 10.7. The molecule has 7 nitrogen and oxygen atoms in total. The molecule has 0 spiro atoms. The van der Waals surface area contributed by atoms with Gasteiger partial charge in [-0.05, 0) is 56.8 Å². The Morgan fingerprint density at radius 1 is 1.13 bits per heavy atom. The number of carbonyl (C=O) groups excluding carboxylic acids is 2. The van der Waals surface area contributed by atoms with E-state index in [1.165, 1.54) is 45.2 Å². The molecular formula is C23H33N3O4. The summed E-state index contributed by atoms with van der Waals surface area (Å²) in [5.41, 5.74) is 0.684. The maximum absolute atomic E-state index is 12.9. The second-order valence-electron chi connectivity index (χ2n) is 8.69. The quantitative estimate of drug-likeness (QED) is 0.773. The van der Waals surface area contributed by atoms with E-state index in [0.29, 0.717) is 35.7 Å². The number of piperidine rings is 2. The fourth-order valence-corrected chi connectivity index (χ4v) is 5.32. The van der Waals surface area contributed by atoms with Crippen molar-refractivity contribution in [3.63, 3.8) is 0 Å². The molecule has 3 fully saturated rings. The molecule has 30 heavy (non-hydrogen) atoms. The Hall–Kier alpha value is -2.28. The van der Waals surface area contributed by atoms with Crippen molar-refractivity contribution in [2.75, 3.05) is 45.3 Å². The SMILES string of the molecule is COc1ccc(N2C[C@@H](C(=O)NC[C@@H]3CCCN4CCCC[C@H]34)CC2=O)c(OC)c1.